The van der Waals surface area contributed by atoms with Crippen molar-refractivity contribution >= 4 is 35.8 Å². The Balaban J connectivity index is 0.00000420. The van der Waals surface area contributed by atoms with Gasteiger partial charge in [0, 0.05) is 30.6 Å². The van der Waals surface area contributed by atoms with Crippen LogP contribution in [-0.4, -0.2) is 42.0 Å². The zero-order chi connectivity index (χ0) is 20.6. The van der Waals surface area contributed by atoms with E-state index in [9.17, 15) is 9.18 Å². The van der Waals surface area contributed by atoms with Gasteiger partial charge >= 0.3 is 0 Å². The van der Waals surface area contributed by atoms with E-state index in [1.807, 2.05) is 27.7 Å². The zero-order valence-electron chi connectivity index (χ0n) is 17.2. The van der Waals surface area contributed by atoms with Crippen LogP contribution in [0.25, 0.3) is 11.5 Å². The number of nitrogens with zero attached hydrogens (tertiary/aromatic N) is 2. The molecule has 7 nitrogen and oxygen atoms in total. The van der Waals surface area contributed by atoms with Crippen LogP contribution in [0.3, 0.4) is 0 Å². The van der Waals surface area contributed by atoms with Crippen LogP contribution in [0.1, 0.15) is 33.4 Å². The Bertz CT molecular complexity index is 800. The molecule has 0 unspecified atom stereocenters. The summed E-state index contributed by atoms with van der Waals surface area (Å²) in [7, 11) is 0. The Hall–Kier alpha value is -2.17. The molecule has 3 N–H and O–H groups in total. The zero-order valence-corrected chi connectivity index (χ0v) is 19.5. The third-order valence-electron chi connectivity index (χ3n) is 3.56. The highest BCUT2D eigenvalue weighted by Crippen LogP contribution is 2.18. The Labute approximate surface area is 188 Å². The number of hydrogen-bond acceptors (Lipinski definition) is 4. The second-order valence-electron chi connectivity index (χ2n) is 7.32. The Kier molecular flexibility index (Phi) is 10.1. The number of hydrogen-bond donors (Lipinski definition) is 3. The number of aromatic nitrogens is 1. The predicted molar refractivity (Wildman–Crippen MR) is 123 cm³/mol. The standard InChI is InChI=1S/C20H28FN5O2.HI/c1-5-22-19(24-12-17(27)26-20(2,3)4)23-11-10-16-13-28-18(25-16)14-6-8-15(21)9-7-14;/h6-9,13H,5,10-12H2,1-4H3,(H,26,27)(H2,22,23,24);1H. The van der Waals surface area contributed by atoms with Gasteiger partial charge in [-0.2, -0.15) is 0 Å². The van der Waals surface area contributed by atoms with Crippen molar-refractivity contribution in [3.8, 4) is 11.5 Å². The van der Waals surface area contributed by atoms with Crippen molar-refractivity contribution in [2.45, 2.75) is 39.7 Å². The van der Waals surface area contributed by atoms with E-state index >= 15 is 0 Å². The number of benzene rings is 1. The van der Waals surface area contributed by atoms with Gasteiger partial charge in [0.1, 0.15) is 18.6 Å². The van der Waals surface area contributed by atoms with Crippen LogP contribution >= 0.6 is 24.0 Å². The molecule has 0 aliphatic rings. The molecule has 1 amide bonds. The number of amides is 1. The maximum absolute atomic E-state index is 13.0. The molecule has 2 rings (SSSR count). The van der Waals surface area contributed by atoms with Gasteiger partial charge in [0.15, 0.2) is 5.96 Å². The van der Waals surface area contributed by atoms with E-state index < -0.39 is 0 Å². The fourth-order valence-corrected chi connectivity index (χ4v) is 2.41. The minimum Gasteiger partial charge on any atom is -0.444 e. The molecule has 0 saturated heterocycles. The van der Waals surface area contributed by atoms with Crippen LogP contribution < -0.4 is 16.0 Å². The van der Waals surface area contributed by atoms with Gasteiger partial charge in [0.2, 0.25) is 11.8 Å². The number of carbonyl (C=O) groups excluding carboxylic acids is 1. The van der Waals surface area contributed by atoms with Crippen LogP contribution in [0.15, 0.2) is 39.9 Å². The largest absolute Gasteiger partial charge is 0.444 e. The van der Waals surface area contributed by atoms with E-state index in [0.717, 1.165) is 11.3 Å². The SMILES string of the molecule is CCNC(=NCC(=O)NC(C)(C)C)NCCc1coc(-c2ccc(F)cc2)n1.I. The normalized spacial score (nSPS) is 11.6. The fourth-order valence-electron chi connectivity index (χ4n) is 2.41. The minimum absolute atomic E-state index is 0. The summed E-state index contributed by atoms with van der Waals surface area (Å²) >= 11 is 0. The molecule has 0 fully saturated rings. The summed E-state index contributed by atoms with van der Waals surface area (Å²) in [5, 5.41) is 9.15. The molecule has 29 heavy (non-hydrogen) atoms. The van der Waals surface area contributed by atoms with Gasteiger partial charge in [-0.25, -0.2) is 14.4 Å². The van der Waals surface area contributed by atoms with E-state index in [-0.39, 0.29) is 47.8 Å². The third-order valence-corrected chi connectivity index (χ3v) is 3.56. The number of aliphatic imine (C=N–C) groups is 1. The van der Waals surface area contributed by atoms with Gasteiger partial charge in [0.05, 0.1) is 5.69 Å². The molecule has 2 aromatic rings. The van der Waals surface area contributed by atoms with Crippen LogP contribution in [-0.2, 0) is 11.2 Å². The molecular formula is C20H29FIN5O2. The quantitative estimate of drug-likeness (QED) is 0.298. The summed E-state index contributed by atoms with van der Waals surface area (Å²) in [6.07, 6.45) is 2.20. The fraction of sp³-hybridized carbons (Fsp3) is 0.450. The highest BCUT2D eigenvalue weighted by molar-refractivity contribution is 14.0. The van der Waals surface area contributed by atoms with Gasteiger partial charge in [0.25, 0.3) is 0 Å². The summed E-state index contributed by atoms with van der Waals surface area (Å²) in [6.45, 7) is 9.04. The average Bonchev–Trinajstić information content (AvgIpc) is 3.07. The van der Waals surface area contributed by atoms with Gasteiger partial charge in [-0.05, 0) is 52.0 Å². The summed E-state index contributed by atoms with van der Waals surface area (Å²) in [6, 6.07) is 6.00. The van der Waals surface area contributed by atoms with Crippen LogP contribution in [0.4, 0.5) is 4.39 Å². The molecule has 1 aromatic heterocycles. The Morgan fingerprint density at radius 3 is 2.52 bits per heavy atom. The second kappa shape index (κ2) is 11.7. The molecule has 1 aromatic carbocycles. The van der Waals surface area contributed by atoms with Crippen LogP contribution in [0.5, 0.6) is 0 Å². The first-order chi connectivity index (χ1) is 13.3. The summed E-state index contributed by atoms with van der Waals surface area (Å²) in [4.78, 5) is 20.6. The monoisotopic (exact) mass is 517 g/mol. The number of halogens is 2. The summed E-state index contributed by atoms with van der Waals surface area (Å²) in [5.74, 6) is 0.583. The van der Waals surface area contributed by atoms with Crippen molar-refractivity contribution in [2.75, 3.05) is 19.6 Å². The highest BCUT2D eigenvalue weighted by Gasteiger charge is 2.13. The van der Waals surface area contributed by atoms with Gasteiger partial charge < -0.3 is 20.4 Å². The number of nitrogens with one attached hydrogen (secondary N) is 3. The molecule has 0 aliphatic heterocycles. The first kappa shape index (κ1) is 24.9. The molecule has 1 heterocycles. The Morgan fingerprint density at radius 1 is 1.21 bits per heavy atom. The molecule has 0 saturated carbocycles. The van der Waals surface area contributed by atoms with Gasteiger partial charge in [-0.1, -0.05) is 0 Å². The van der Waals surface area contributed by atoms with Crippen molar-refractivity contribution in [1.82, 2.24) is 20.9 Å². The Morgan fingerprint density at radius 2 is 1.90 bits per heavy atom. The molecular weight excluding hydrogens is 488 g/mol. The molecule has 9 heteroatoms. The van der Waals surface area contributed by atoms with E-state index in [2.05, 4.69) is 25.9 Å². The number of carbonyl (C=O) groups is 1. The van der Waals surface area contributed by atoms with Crippen molar-refractivity contribution in [2.24, 2.45) is 4.99 Å². The molecule has 0 bridgehead atoms. The lowest BCUT2D eigenvalue weighted by atomic mass is 10.1. The van der Waals surface area contributed by atoms with E-state index in [4.69, 9.17) is 4.42 Å². The number of guanidine groups is 1. The molecule has 160 valence electrons. The predicted octanol–water partition coefficient (Wildman–Crippen LogP) is 3.11. The lowest BCUT2D eigenvalue weighted by Crippen LogP contribution is -2.43. The van der Waals surface area contributed by atoms with Gasteiger partial charge in [-0.15, -0.1) is 24.0 Å². The average molecular weight is 517 g/mol. The van der Waals surface area contributed by atoms with Crippen molar-refractivity contribution < 1.29 is 13.6 Å². The van der Waals surface area contributed by atoms with Crippen LogP contribution in [0.2, 0.25) is 0 Å². The van der Waals surface area contributed by atoms with Crippen molar-refractivity contribution in [3.63, 3.8) is 0 Å². The van der Waals surface area contributed by atoms with Gasteiger partial charge in [-0.3, -0.25) is 4.79 Å². The summed E-state index contributed by atoms with van der Waals surface area (Å²) < 4.78 is 18.5. The lowest BCUT2D eigenvalue weighted by Gasteiger charge is -2.20. The topological polar surface area (TPSA) is 91.5 Å². The van der Waals surface area contributed by atoms with E-state index in [0.29, 0.717) is 31.4 Å². The molecule has 0 spiro atoms. The molecule has 0 atom stereocenters. The molecule has 0 aliphatic carbocycles. The van der Waals surface area contributed by atoms with Crippen molar-refractivity contribution in [1.29, 1.82) is 0 Å². The third kappa shape index (κ3) is 9.25. The maximum atomic E-state index is 13.0. The first-order valence-corrected chi connectivity index (χ1v) is 9.30. The van der Waals surface area contributed by atoms with E-state index in [1.165, 1.54) is 12.1 Å². The lowest BCUT2D eigenvalue weighted by molar-refractivity contribution is -0.121. The maximum Gasteiger partial charge on any atom is 0.242 e. The smallest absolute Gasteiger partial charge is 0.242 e. The highest BCUT2D eigenvalue weighted by atomic mass is 127. The van der Waals surface area contributed by atoms with Crippen molar-refractivity contribution in [3.05, 3.63) is 42.0 Å². The van der Waals surface area contributed by atoms with E-state index in [1.54, 1.807) is 18.4 Å². The molecule has 0 radical (unpaired) electrons. The number of rotatable bonds is 7. The second-order valence-corrected chi connectivity index (χ2v) is 7.32. The van der Waals surface area contributed by atoms with Crippen LogP contribution in [0, 0.1) is 5.82 Å². The number of oxazole rings is 1. The first-order valence-electron chi connectivity index (χ1n) is 9.30. The minimum atomic E-state index is -0.300. The summed E-state index contributed by atoms with van der Waals surface area (Å²) in [5.41, 5.74) is 1.21.